The molecule has 1 aliphatic heterocycles. The van der Waals surface area contributed by atoms with Crippen LogP contribution in [0.15, 0.2) is 79.9 Å². The van der Waals surface area contributed by atoms with Gasteiger partial charge in [-0.2, -0.15) is 0 Å². The first kappa shape index (κ1) is 40.1. The maximum absolute atomic E-state index is 14.6. The molecule has 0 radical (unpaired) electrons. The number of carbonyl (C=O) groups excluding carboxylic acids is 4. The molecule has 3 aromatic rings. The average molecular weight is 739 g/mol. The normalized spacial score (nSPS) is 21.2. The number of likely N-dealkylation sites (tertiary alicyclic amines) is 1. The second kappa shape index (κ2) is 17.8. The van der Waals surface area contributed by atoms with E-state index in [1.807, 2.05) is 36.4 Å². The van der Waals surface area contributed by atoms with Gasteiger partial charge in [-0.3, -0.25) is 14.4 Å². The molecular formula is C42H54N6O6. The smallest absolute Gasteiger partial charge is 0.408 e. The number of tetrazole rings is 1. The Kier molecular flexibility index (Phi) is 13.2. The fourth-order valence-electron chi connectivity index (χ4n) is 7.37. The number of hydrogen-bond donors (Lipinski definition) is 1. The van der Waals surface area contributed by atoms with Crippen molar-refractivity contribution in [2.45, 2.75) is 109 Å². The van der Waals surface area contributed by atoms with Gasteiger partial charge in [-0.15, -0.1) is 18.3 Å². The Morgan fingerprint density at radius 2 is 1.74 bits per heavy atom. The molecule has 5 rings (SSSR count). The van der Waals surface area contributed by atoms with Gasteiger partial charge in [0, 0.05) is 18.9 Å². The fraction of sp³-hybridized carbons (Fsp3) is 0.500. The summed E-state index contributed by atoms with van der Waals surface area (Å²) in [5, 5.41) is 15.5. The zero-order valence-electron chi connectivity index (χ0n) is 32.0. The lowest BCUT2D eigenvalue weighted by molar-refractivity contribution is -0.152. The van der Waals surface area contributed by atoms with Gasteiger partial charge in [0.25, 0.3) is 0 Å². The molecule has 12 nitrogen and oxygen atoms in total. The molecule has 0 bridgehead atoms. The number of Topliss-reactive ketones (excluding diaryl/α,β-unsaturated/α-hetero) is 1. The first-order chi connectivity index (χ1) is 25.9. The van der Waals surface area contributed by atoms with Crippen LogP contribution < -0.4 is 5.32 Å². The Balaban J connectivity index is 1.41. The third kappa shape index (κ3) is 9.89. The van der Waals surface area contributed by atoms with Crippen LogP contribution in [0.1, 0.15) is 96.4 Å². The lowest BCUT2D eigenvalue weighted by Gasteiger charge is -2.30. The minimum absolute atomic E-state index is 0.0892. The van der Waals surface area contributed by atoms with Crippen LogP contribution in [0.25, 0.3) is 11.1 Å². The molecule has 2 fully saturated rings. The maximum Gasteiger partial charge on any atom is 0.408 e. The molecule has 2 amide bonds. The average Bonchev–Trinajstić information content (AvgIpc) is 3.41. The molecule has 1 saturated carbocycles. The lowest BCUT2D eigenvalue weighted by atomic mass is 9.91. The second-order valence-corrected chi connectivity index (χ2v) is 15.4. The number of esters is 1. The summed E-state index contributed by atoms with van der Waals surface area (Å²) in [6.45, 7) is 15.4. The highest BCUT2D eigenvalue weighted by Gasteiger charge is 2.61. The highest BCUT2D eigenvalue weighted by atomic mass is 16.6. The molecule has 0 spiro atoms. The quantitative estimate of drug-likeness (QED) is 0.0845. The molecule has 2 aromatic carbocycles. The van der Waals surface area contributed by atoms with E-state index < -0.39 is 35.2 Å². The number of carbonyl (C=O) groups is 4. The minimum atomic E-state index is -1.01. The van der Waals surface area contributed by atoms with Crippen LogP contribution in [0.4, 0.5) is 4.79 Å². The molecule has 2 aliphatic rings. The summed E-state index contributed by atoms with van der Waals surface area (Å²) in [6.07, 6.45) is 7.09. The van der Waals surface area contributed by atoms with E-state index in [9.17, 15) is 19.2 Å². The number of benzene rings is 2. The molecule has 54 heavy (non-hydrogen) atoms. The standard InChI is InChI=1S/C42H54N6O6/c1-7-10-11-12-16-19-34(43-40(52)54-41(4,5)6)38(50)47-28-32(24-35(47)36(49)26-42(25-33(42)8-2)39(51)53-9-3)37-44-45-46-48(37)27-29-20-22-31(23-21-29)30-17-14-13-15-18-30/h7-8,13-15,17-18,20-23,32-35H,1-2,9-12,16,19,24-28H2,3-6H3,(H,43,52)/t32-,33-,34+,35+,42-/m1/s1. The molecule has 1 aliphatic carbocycles. The van der Waals surface area contributed by atoms with E-state index in [0.717, 1.165) is 36.0 Å². The monoisotopic (exact) mass is 738 g/mol. The molecule has 288 valence electrons. The van der Waals surface area contributed by atoms with Crippen LogP contribution in [0.3, 0.4) is 0 Å². The Labute approximate surface area is 318 Å². The van der Waals surface area contributed by atoms with Crippen molar-refractivity contribution < 1.29 is 28.7 Å². The van der Waals surface area contributed by atoms with E-state index >= 15 is 0 Å². The van der Waals surface area contributed by atoms with E-state index in [0.29, 0.717) is 31.6 Å². The van der Waals surface area contributed by atoms with Gasteiger partial charge in [0.1, 0.15) is 11.6 Å². The first-order valence-corrected chi connectivity index (χ1v) is 19.0. The molecule has 0 unspecified atom stereocenters. The molecule has 1 saturated heterocycles. The third-order valence-corrected chi connectivity index (χ3v) is 10.3. The molecule has 2 heterocycles. The summed E-state index contributed by atoms with van der Waals surface area (Å²) in [4.78, 5) is 56.7. The highest BCUT2D eigenvalue weighted by molar-refractivity contribution is 5.96. The van der Waals surface area contributed by atoms with Crippen LogP contribution in [0.5, 0.6) is 0 Å². The van der Waals surface area contributed by atoms with Gasteiger partial charge in [0.05, 0.1) is 24.6 Å². The molecule has 12 heteroatoms. The van der Waals surface area contributed by atoms with Gasteiger partial charge in [0.15, 0.2) is 11.6 Å². The number of ketones is 1. The van der Waals surface area contributed by atoms with Crippen LogP contribution in [0.2, 0.25) is 0 Å². The van der Waals surface area contributed by atoms with Crippen LogP contribution in [0, 0.1) is 11.3 Å². The van der Waals surface area contributed by atoms with Crippen molar-refractivity contribution >= 4 is 23.8 Å². The fourth-order valence-corrected chi connectivity index (χ4v) is 7.37. The molecule has 1 aromatic heterocycles. The number of hydrogen-bond acceptors (Lipinski definition) is 9. The maximum atomic E-state index is 14.6. The zero-order valence-corrected chi connectivity index (χ0v) is 32.0. The summed E-state index contributed by atoms with van der Waals surface area (Å²) in [6, 6.07) is 16.5. The number of aromatic nitrogens is 4. The lowest BCUT2D eigenvalue weighted by Crippen LogP contribution is -2.52. The van der Waals surface area contributed by atoms with Gasteiger partial charge < -0.3 is 19.7 Å². The Morgan fingerprint density at radius 1 is 1.02 bits per heavy atom. The van der Waals surface area contributed by atoms with Crippen molar-refractivity contribution in [2.75, 3.05) is 13.2 Å². The summed E-state index contributed by atoms with van der Waals surface area (Å²) in [7, 11) is 0. The number of nitrogens with one attached hydrogen (secondary N) is 1. The Bertz CT molecular complexity index is 1780. The minimum Gasteiger partial charge on any atom is -0.466 e. The van der Waals surface area contributed by atoms with Crippen LogP contribution in [-0.4, -0.2) is 79.7 Å². The SMILES string of the molecule is C=CCCCCC[C@H](NC(=O)OC(C)(C)C)C(=O)N1C[C@H](c2nnnn2Cc2ccc(-c3ccccc3)cc2)C[C@H]1C(=O)C[C@]1(C(=O)OCC)C[C@H]1C=C. The van der Waals surface area contributed by atoms with Gasteiger partial charge in [-0.05, 0) is 92.8 Å². The van der Waals surface area contributed by atoms with E-state index in [2.05, 4.69) is 58.3 Å². The predicted molar refractivity (Wildman–Crippen MR) is 205 cm³/mol. The second-order valence-electron chi connectivity index (χ2n) is 15.4. The Hall–Kier alpha value is -5.13. The van der Waals surface area contributed by atoms with Crippen molar-refractivity contribution in [1.82, 2.24) is 30.4 Å². The van der Waals surface area contributed by atoms with E-state index in [1.54, 1.807) is 43.4 Å². The number of rotatable bonds is 18. The van der Waals surface area contributed by atoms with Gasteiger partial charge >= 0.3 is 12.1 Å². The van der Waals surface area contributed by atoms with Crippen LogP contribution in [-0.2, 0) is 30.4 Å². The number of unbranched alkanes of at least 4 members (excludes halogenated alkanes) is 3. The zero-order chi connectivity index (χ0) is 38.9. The summed E-state index contributed by atoms with van der Waals surface area (Å²) < 4.78 is 12.7. The number of nitrogens with zero attached hydrogens (tertiary/aromatic N) is 5. The van der Waals surface area contributed by atoms with Crippen LogP contribution >= 0.6 is 0 Å². The third-order valence-electron chi connectivity index (χ3n) is 10.3. The van der Waals surface area contributed by atoms with E-state index in [1.165, 1.54) is 0 Å². The Morgan fingerprint density at radius 3 is 2.39 bits per heavy atom. The van der Waals surface area contributed by atoms with Gasteiger partial charge in [-0.25, -0.2) is 9.48 Å². The number of amides is 2. The summed E-state index contributed by atoms with van der Waals surface area (Å²) >= 11 is 0. The number of alkyl carbamates (subject to hydrolysis) is 1. The summed E-state index contributed by atoms with van der Waals surface area (Å²) in [5.41, 5.74) is 1.41. The van der Waals surface area contributed by atoms with Crippen molar-refractivity contribution in [3.8, 4) is 11.1 Å². The number of ether oxygens (including phenoxy) is 2. The van der Waals surface area contributed by atoms with Gasteiger partial charge in [-0.1, -0.05) is 79.6 Å². The summed E-state index contributed by atoms with van der Waals surface area (Å²) in [5.74, 6) is -1.10. The molecular weight excluding hydrogens is 684 g/mol. The highest BCUT2D eigenvalue weighted by Crippen LogP contribution is 2.57. The molecule has 1 N–H and O–H groups in total. The first-order valence-electron chi connectivity index (χ1n) is 19.0. The number of allylic oxidation sites excluding steroid dienone is 2. The largest absolute Gasteiger partial charge is 0.466 e. The van der Waals surface area contributed by atoms with E-state index in [4.69, 9.17) is 9.47 Å². The van der Waals surface area contributed by atoms with Crippen molar-refractivity contribution in [2.24, 2.45) is 11.3 Å². The van der Waals surface area contributed by atoms with Crippen molar-refractivity contribution in [3.05, 3.63) is 91.3 Å². The predicted octanol–water partition coefficient (Wildman–Crippen LogP) is 6.82. The van der Waals surface area contributed by atoms with E-state index in [-0.39, 0.29) is 49.5 Å². The van der Waals surface area contributed by atoms with Crippen molar-refractivity contribution in [1.29, 1.82) is 0 Å². The topological polar surface area (TPSA) is 146 Å². The molecule has 5 atom stereocenters. The van der Waals surface area contributed by atoms with Gasteiger partial charge in [0.2, 0.25) is 5.91 Å². The van der Waals surface area contributed by atoms with Crippen molar-refractivity contribution in [3.63, 3.8) is 0 Å².